The van der Waals surface area contributed by atoms with Crippen LogP contribution in [-0.4, -0.2) is 84.3 Å². The summed E-state index contributed by atoms with van der Waals surface area (Å²) in [6.45, 7) is 1.83. The molecular formula is C22H26N6O6S2. The van der Waals surface area contributed by atoms with Gasteiger partial charge in [0.15, 0.2) is 5.65 Å². The number of anilines is 1. The standard InChI is InChI=1S/C22H26N6O6S2/c1-14-3-5-17(6-4-14)36(33,34)28-8-7-19-20(23-13-24-21(19)28)26(2)16-9-15(10-16)25-35(31,32)18-11-27(12-18)22(29)30/h3-8,13,15-16,18,25H,9-12H2,1-2H3,(H,29,30)/t15-,16+. The molecule has 14 heteroatoms. The van der Waals surface area contributed by atoms with E-state index in [1.54, 1.807) is 30.3 Å². The van der Waals surface area contributed by atoms with Crippen molar-refractivity contribution in [3.05, 3.63) is 48.4 Å². The molecule has 1 aliphatic heterocycles. The maximum atomic E-state index is 13.2. The van der Waals surface area contributed by atoms with Crippen LogP contribution in [0.5, 0.6) is 0 Å². The predicted molar refractivity (Wildman–Crippen MR) is 132 cm³/mol. The Labute approximate surface area is 208 Å². The van der Waals surface area contributed by atoms with Gasteiger partial charge in [-0.1, -0.05) is 17.7 Å². The molecule has 1 saturated carbocycles. The molecule has 0 atom stereocenters. The van der Waals surface area contributed by atoms with Crippen LogP contribution < -0.4 is 9.62 Å². The van der Waals surface area contributed by atoms with Gasteiger partial charge in [-0.3, -0.25) is 0 Å². The van der Waals surface area contributed by atoms with Crippen LogP contribution in [0.1, 0.15) is 18.4 Å². The van der Waals surface area contributed by atoms with E-state index in [9.17, 15) is 21.6 Å². The molecule has 2 fully saturated rings. The zero-order valence-electron chi connectivity index (χ0n) is 19.6. The Bertz CT molecular complexity index is 1520. The van der Waals surface area contributed by atoms with Gasteiger partial charge < -0.3 is 14.9 Å². The van der Waals surface area contributed by atoms with Gasteiger partial charge in [-0.25, -0.2) is 40.3 Å². The monoisotopic (exact) mass is 534 g/mol. The van der Waals surface area contributed by atoms with Crippen molar-refractivity contribution >= 4 is 43.0 Å². The average molecular weight is 535 g/mol. The Balaban J connectivity index is 1.29. The van der Waals surface area contributed by atoms with E-state index < -0.39 is 31.4 Å². The fourth-order valence-corrected chi connectivity index (χ4v) is 7.41. The number of carbonyl (C=O) groups is 1. The third-order valence-corrected chi connectivity index (χ3v) is 10.4. The predicted octanol–water partition coefficient (Wildman–Crippen LogP) is 1.23. The van der Waals surface area contributed by atoms with Gasteiger partial charge in [-0.05, 0) is 38.0 Å². The summed E-state index contributed by atoms with van der Waals surface area (Å²) in [5, 5.41) is 8.75. The van der Waals surface area contributed by atoms with Gasteiger partial charge in [0, 0.05) is 38.4 Å². The highest BCUT2D eigenvalue weighted by Crippen LogP contribution is 2.33. The van der Waals surface area contributed by atoms with Crippen LogP contribution in [0.15, 0.2) is 47.8 Å². The number of hydrogen-bond donors (Lipinski definition) is 2. The number of amides is 1. The summed E-state index contributed by atoms with van der Waals surface area (Å²) in [6.07, 6.45) is 2.74. The van der Waals surface area contributed by atoms with Crippen molar-refractivity contribution in [2.75, 3.05) is 25.0 Å². The highest BCUT2D eigenvalue weighted by Gasteiger charge is 2.43. The smallest absolute Gasteiger partial charge is 0.407 e. The molecule has 1 saturated heterocycles. The quantitative estimate of drug-likeness (QED) is 0.455. The number of sulfonamides is 1. The third-order valence-electron chi connectivity index (χ3n) is 6.89. The molecule has 1 aliphatic carbocycles. The lowest BCUT2D eigenvalue weighted by molar-refractivity contribution is 0.119. The number of rotatable bonds is 7. The van der Waals surface area contributed by atoms with Gasteiger partial charge in [0.25, 0.3) is 10.0 Å². The van der Waals surface area contributed by atoms with E-state index in [0.29, 0.717) is 24.0 Å². The number of aryl methyl sites for hydroxylation is 1. The molecule has 2 N–H and O–H groups in total. The van der Waals surface area contributed by atoms with E-state index in [-0.39, 0.29) is 35.7 Å². The largest absolute Gasteiger partial charge is 0.465 e. The minimum Gasteiger partial charge on any atom is -0.465 e. The van der Waals surface area contributed by atoms with E-state index in [1.165, 1.54) is 12.5 Å². The molecule has 12 nitrogen and oxygen atoms in total. The molecule has 5 rings (SSSR count). The zero-order valence-corrected chi connectivity index (χ0v) is 21.3. The van der Waals surface area contributed by atoms with E-state index in [2.05, 4.69) is 14.7 Å². The fraction of sp³-hybridized carbons (Fsp3) is 0.409. The van der Waals surface area contributed by atoms with Crippen LogP contribution >= 0.6 is 0 Å². The van der Waals surface area contributed by atoms with Crippen molar-refractivity contribution in [2.24, 2.45) is 0 Å². The van der Waals surface area contributed by atoms with Gasteiger partial charge >= 0.3 is 6.09 Å². The highest BCUT2D eigenvalue weighted by molar-refractivity contribution is 7.90. The molecule has 0 unspecified atom stereocenters. The first kappa shape index (κ1) is 24.5. The lowest BCUT2D eigenvalue weighted by Crippen LogP contribution is -2.62. The Morgan fingerprint density at radius 2 is 1.75 bits per heavy atom. The number of aromatic nitrogens is 3. The molecule has 0 radical (unpaired) electrons. The Morgan fingerprint density at radius 1 is 1.08 bits per heavy atom. The Kier molecular flexibility index (Phi) is 5.92. The number of fused-ring (bicyclic) bond motifs is 1. The minimum absolute atomic E-state index is 0.00948. The first-order chi connectivity index (χ1) is 17.0. The fourth-order valence-electron chi connectivity index (χ4n) is 4.51. The Hall–Kier alpha value is -3.23. The summed E-state index contributed by atoms with van der Waals surface area (Å²) in [7, 11) is -5.62. The topological polar surface area (TPSA) is 155 Å². The summed E-state index contributed by atoms with van der Waals surface area (Å²) in [6, 6.07) is 7.99. The molecule has 1 aromatic carbocycles. The number of nitrogens with zero attached hydrogens (tertiary/aromatic N) is 5. The maximum Gasteiger partial charge on any atom is 0.407 e. The van der Waals surface area contributed by atoms with Crippen molar-refractivity contribution in [2.45, 2.75) is 42.0 Å². The summed E-state index contributed by atoms with van der Waals surface area (Å²) in [5.74, 6) is 0.556. The molecule has 3 heterocycles. The van der Waals surface area contributed by atoms with E-state index in [1.807, 2.05) is 18.9 Å². The normalized spacial score (nSPS) is 20.7. The van der Waals surface area contributed by atoms with Crippen molar-refractivity contribution in [3.8, 4) is 0 Å². The molecule has 0 bridgehead atoms. The molecule has 192 valence electrons. The lowest BCUT2D eigenvalue weighted by atomic mass is 9.86. The van der Waals surface area contributed by atoms with Gasteiger partial charge in [-0.2, -0.15) is 0 Å². The van der Waals surface area contributed by atoms with Gasteiger partial charge in [0.2, 0.25) is 10.0 Å². The second-order valence-corrected chi connectivity index (χ2v) is 13.1. The first-order valence-corrected chi connectivity index (χ1v) is 14.3. The Morgan fingerprint density at radius 3 is 2.39 bits per heavy atom. The minimum atomic E-state index is -3.85. The van der Waals surface area contributed by atoms with Gasteiger partial charge in [-0.15, -0.1) is 0 Å². The summed E-state index contributed by atoms with van der Waals surface area (Å²) >= 11 is 0. The van der Waals surface area contributed by atoms with Crippen molar-refractivity contribution < 1.29 is 26.7 Å². The number of benzene rings is 1. The highest BCUT2D eigenvalue weighted by atomic mass is 32.2. The molecule has 36 heavy (non-hydrogen) atoms. The van der Waals surface area contributed by atoms with Crippen LogP contribution in [0.25, 0.3) is 11.0 Å². The number of carboxylic acid groups (broad SMARTS) is 1. The van der Waals surface area contributed by atoms with Crippen molar-refractivity contribution in [1.82, 2.24) is 23.6 Å². The van der Waals surface area contributed by atoms with Crippen LogP contribution in [0.3, 0.4) is 0 Å². The second kappa shape index (κ2) is 8.71. The molecule has 2 aliphatic rings. The van der Waals surface area contributed by atoms with E-state index in [0.717, 1.165) is 14.4 Å². The van der Waals surface area contributed by atoms with E-state index >= 15 is 0 Å². The zero-order chi connectivity index (χ0) is 25.8. The number of nitrogens with one attached hydrogen (secondary N) is 1. The first-order valence-electron chi connectivity index (χ1n) is 11.3. The third kappa shape index (κ3) is 4.18. The number of hydrogen-bond acceptors (Lipinski definition) is 8. The lowest BCUT2D eigenvalue weighted by Gasteiger charge is -2.43. The molecule has 0 spiro atoms. The maximum absolute atomic E-state index is 13.2. The van der Waals surface area contributed by atoms with Crippen LogP contribution in [0.2, 0.25) is 0 Å². The molecule has 1 amide bonds. The SMILES string of the molecule is Cc1ccc(S(=O)(=O)n2ccc3c(N(C)[C@H]4C[C@@H](NS(=O)(=O)C5CN(C(=O)O)C5)C4)ncnc32)cc1. The summed E-state index contributed by atoms with van der Waals surface area (Å²) in [5.41, 5.74) is 1.21. The van der Waals surface area contributed by atoms with Crippen LogP contribution in [0.4, 0.5) is 10.6 Å². The van der Waals surface area contributed by atoms with E-state index in [4.69, 9.17) is 5.11 Å². The van der Waals surface area contributed by atoms with Gasteiger partial charge in [0.05, 0.1) is 10.3 Å². The average Bonchev–Trinajstić information content (AvgIpc) is 3.19. The van der Waals surface area contributed by atoms with Crippen LogP contribution in [0, 0.1) is 6.92 Å². The summed E-state index contributed by atoms with van der Waals surface area (Å²) in [4.78, 5) is 22.6. The number of likely N-dealkylation sites (tertiary alicyclic amines) is 1. The summed E-state index contributed by atoms with van der Waals surface area (Å²) < 4.78 is 55.3. The van der Waals surface area contributed by atoms with Crippen molar-refractivity contribution in [3.63, 3.8) is 0 Å². The molecule has 3 aromatic rings. The van der Waals surface area contributed by atoms with Crippen LogP contribution in [-0.2, 0) is 20.0 Å². The second-order valence-electron chi connectivity index (χ2n) is 9.27. The molecular weight excluding hydrogens is 508 g/mol. The van der Waals surface area contributed by atoms with Crippen molar-refractivity contribution in [1.29, 1.82) is 0 Å². The van der Waals surface area contributed by atoms with Gasteiger partial charge in [0.1, 0.15) is 17.4 Å². The molecule has 2 aromatic heterocycles.